The van der Waals surface area contributed by atoms with Crippen molar-refractivity contribution in [1.82, 2.24) is 5.32 Å². The van der Waals surface area contributed by atoms with E-state index < -0.39 is 40.1 Å². The van der Waals surface area contributed by atoms with E-state index in [1.165, 1.54) is 18.2 Å². The third-order valence-corrected chi connectivity index (χ3v) is 15.6. The standard InChI is InChI=1S/C11H13BrClN3O2S.C10H10BrClN2O4S2.C9H8BrClN2O2S.C2H8N2.CS2/c1-19(17,18)16-8-3-2-7(10(12)11(8)13)6-9-14-4-5-15-9;1-19(15,16)14(20(2,17)18)8-4-3-7(5-6-13)9(11)10(8)12;1-16(14,15)13-7-3-2-6(4-5-12)8(10)9(7)11;3-1-2-4;2-1-3/h2-3,16H,4-6H2,1H3,(H,14,15);3-4H,5H2,1-2H3;2-3,13H,4H2,1H3;1-4H2;. The Morgan fingerprint density at radius 1 is 0.710 bits per heavy atom. The predicted octanol–water partition coefficient (Wildman–Crippen LogP) is 6.37. The molecule has 0 bridgehead atoms. The molecular formula is C33H39Br3Cl3N9O8S6. The topological polar surface area (TPSA) is 288 Å². The van der Waals surface area contributed by atoms with Crippen LogP contribution >= 0.6 is 107 Å². The Labute approximate surface area is 413 Å². The number of nitrogens with zero attached hydrogens (tertiary/aromatic N) is 4. The lowest BCUT2D eigenvalue weighted by atomic mass is 10.1. The zero-order valence-electron chi connectivity index (χ0n) is 32.8. The molecule has 0 aromatic heterocycles. The number of rotatable bonds is 12. The maximum absolute atomic E-state index is 11.7. The van der Waals surface area contributed by atoms with Gasteiger partial charge in [0, 0.05) is 43.8 Å². The highest BCUT2D eigenvalue weighted by molar-refractivity contribution is 9.11. The van der Waals surface area contributed by atoms with Gasteiger partial charge in [-0.3, -0.25) is 14.4 Å². The molecule has 0 saturated heterocycles. The number of thiocarbonyl (C=S) groups is 2. The number of nitriles is 2. The number of benzene rings is 3. The van der Waals surface area contributed by atoms with Gasteiger partial charge in [0.15, 0.2) is 0 Å². The summed E-state index contributed by atoms with van der Waals surface area (Å²) in [6, 6.07) is 13.3. The Balaban J connectivity index is 0.000000839. The van der Waals surface area contributed by atoms with E-state index in [1.807, 2.05) is 22.5 Å². The van der Waals surface area contributed by atoms with Gasteiger partial charge >= 0.3 is 0 Å². The SMILES string of the molecule is CS(=O)(=O)N(c1ccc(CC#N)c(Br)c1Cl)S(C)(=O)=O.CS(=O)(=O)Nc1ccc(CC#N)c(Br)c1Cl.CS(=O)(=O)Nc1ccc(CC2=NCCN2)c(Br)c1Cl.NCCN.S=C=S. The average Bonchev–Trinajstić information content (AvgIpc) is 3.67. The summed E-state index contributed by atoms with van der Waals surface area (Å²) in [5.41, 5.74) is 12.5. The third kappa shape index (κ3) is 21.6. The largest absolute Gasteiger partial charge is 0.372 e. The summed E-state index contributed by atoms with van der Waals surface area (Å²) in [5.74, 6) is 0.917. The number of nitrogens with two attached hydrogens (primary N) is 2. The first kappa shape index (κ1) is 59.8. The molecule has 62 heavy (non-hydrogen) atoms. The van der Waals surface area contributed by atoms with Crippen LogP contribution in [0.4, 0.5) is 17.1 Å². The van der Waals surface area contributed by atoms with Crippen molar-refractivity contribution in [3.63, 3.8) is 0 Å². The lowest BCUT2D eigenvalue weighted by molar-refractivity contribution is 0.590. The third-order valence-electron chi connectivity index (χ3n) is 6.66. The molecule has 7 N–H and O–H groups in total. The fourth-order valence-electron chi connectivity index (χ4n) is 4.39. The van der Waals surface area contributed by atoms with E-state index in [0.29, 0.717) is 50.3 Å². The summed E-state index contributed by atoms with van der Waals surface area (Å²) in [6.45, 7) is 2.84. The molecule has 1 heterocycles. The van der Waals surface area contributed by atoms with Crippen LogP contribution < -0.4 is 29.9 Å². The second-order valence-electron chi connectivity index (χ2n) is 11.9. The van der Waals surface area contributed by atoms with Crippen LogP contribution in [0.5, 0.6) is 0 Å². The Morgan fingerprint density at radius 3 is 1.42 bits per heavy atom. The van der Waals surface area contributed by atoms with Crippen molar-refractivity contribution >= 4 is 174 Å². The van der Waals surface area contributed by atoms with Crippen molar-refractivity contribution in [2.24, 2.45) is 16.5 Å². The molecule has 0 saturated carbocycles. The summed E-state index contributed by atoms with van der Waals surface area (Å²) in [6.07, 6.45) is 4.56. The Bertz CT molecular complexity index is 2630. The first-order valence-electron chi connectivity index (χ1n) is 16.5. The van der Waals surface area contributed by atoms with Gasteiger partial charge in [0.25, 0.3) is 0 Å². The highest BCUT2D eigenvalue weighted by atomic mass is 79.9. The van der Waals surface area contributed by atoms with Crippen molar-refractivity contribution in [3.05, 3.63) is 81.6 Å². The van der Waals surface area contributed by atoms with E-state index in [0.717, 1.165) is 49.5 Å². The molecule has 0 amide bonds. The molecule has 3 aromatic carbocycles. The van der Waals surface area contributed by atoms with E-state index in [1.54, 1.807) is 12.1 Å². The van der Waals surface area contributed by atoms with Crippen molar-refractivity contribution in [1.29, 1.82) is 10.5 Å². The fraction of sp³-hybridized carbons (Fsp3) is 0.333. The minimum atomic E-state index is -4.06. The van der Waals surface area contributed by atoms with E-state index in [2.05, 4.69) is 92.0 Å². The van der Waals surface area contributed by atoms with Crippen molar-refractivity contribution in [2.75, 3.05) is 64.4 Å². The second-order valence-corrected chi connectivity index (χ2v) is 23.5. The fourth-order valence-corrected chi connectivity index (χ4v) is 10.9. The highest BCUT2D eigenvalue weighted by Gasteiger charge is 2.30. The molecule has 1 aliphatic rings. The van der Waals surface area contributed by atoms with Gasteiger partial charge in [0.05, 0.1) is 88.7 Å². The summed E-state index contributed by atoms with van der Waals surface area (Å²) >= 11 is 35.8. The van der Waals surface area contributed by atoms with Crippen LogP contribution in [-0.2, 0) is 59.4 Å². The molecule has 0 atom stereocenters. The summed E-state index contributed by atoms with van der Waals surface area (Å²) in [5, 5.41) is 20.9. The minimum Gasteiger partial charge on any atom is -0.372 e. The van der Waals surface area contributed by atoms with E-state index in [4.69, 9.17) is 56.8 Å². The molecule has 29 heteroatoms. The lowest BCUT2D eigenvalue weighted by Gasteiger charge is -2.21. The van der Waals surface area contributed by atoms with Crippen LogP contribution in [0.15, 0.2) is 54.8 Å². The number of amidine groups is 1. The van der Waals surface area contributed by atoms with Crippen LogP contribution in [0.1, 0.15) is 16.7 Å². The van der Waals surface area contributed by atoms with Crippen LogP contribution in [0.25, 0.3) is 0 Å². The molecule has 0 radical (unpaired) electrons. The first-order chi connectivity index (χ1) is 28.5. The van der Waals surface area contributed by atoms with Crippen LogP contribution in [-0.4, -0.2) is 95.0 Å². The number of sulfonamides is 4. The van der Waals surface area contributed by atoms with Gasteiger partial charge in [-0.25, -0.2) is 33.7 Å². The van der Waals surface area contributed by atoms with Crippen molar-refractivity contribution < 1.29 is 33.7 Å². The van der Waals surface area contributed by atoms with Crippen LogP contribution in [0.2, 0.25) is 15.1 Å². The number of halogens is 6. The van der Waals surface area contributed by atoms with E-state index in [9.17, 15) is 33.7 Å². The molecule has 0 unspecified atom stereocenters. The molecule has 0 aliphatic carbocycles. The average molecular weight is 1230 g/mol. The molecule has 1 aliphatic heterocycles. The summed E-state index contributed by atoms with van der Waals surface area (Å²) < 4.78 is 99.5. The number of anilines is 3. The molecule has 3 aromatic rings. The maximum Gasteiger partial charge on any atom is 0.245 e. The quantitative estimate of drug-likeness (QED) is 0.123. The summed E-state index contributed by atoms with van der Waals surface area (Å²) in [4.78, 5) is 4.31. The normalized spacial score (nSPS) is 11.9. The molecule has 4 rings (SSSR count). The number of aliphatic imine (C=N–C) groups is 1. The Morgan fingerprint density at radius 2 is 1.08 bits per heavy atom. The Kier molecular flexibility index (Phi) is 26.9. The van der Waals surface area contributed by atoms with Gasteiger partial charge in [-0.2, -0.15) is 14.2 Å². The number of hydrogen-bond acceptors (Lipinski definition) is 16. The maximum atomic E-state index is 11.7. The zero-order valence-corrected chi connectivity index (χ0v) is 44.8. The van der Waals surface area contributed by atoms with Gasteiger partial charge in [-0.05, 0) is 107 Å². The molecule has 0 fully saturated rings. The van der Waals surface area contributed by atoms with Gasteiger partial charge < -0.3 is 16.8 Å². The monoisotopic (exact) mass is 1220 g/mol. The zero-order chi connectivity index (χ0) is 48.2. The minimum absolute atomic E-state index is 0.0539. The summed E-state index contributed by atoms with van der Waals surface area (Å²) in [7, 11) is -14.8. The molecule has 0 spiro atoms. The predicted molar refractivity (Wildman–Crippen MR) is 267 cm³/mol. The van der Waals surface area contributed by atoms with Crippen molar-refractivity contribution in [3.8, 4) is 12.1 Å². The van der Waals surface area contributed by atoms with Gasteiger partial charge in [-0.15, -0.1) is 0 Å². The van der Waals surface area contributed by atoms with E-state index >= 15 is 0 Å². The lowest BCUT2D eigenvalue weighted by Crippen LogP contribution is -2.35. The molecular weight excluding hydrogens is 1190 g/mol. The molecule has 342 valence electrons. The smallest absolute Gasteiger partial charge is 0.245 e. The van der Waals surface area contributed by atoms with Gasteiger partial charge in [0.1, 0.15) is 5.84 Å². The second kappa shape index (κ2) is 27.9. The number of hydrogen-bond donors (Lipinski definition) is 5. The van der Waals surface area contributed by atoms with Crippen LogP contribution in [0.3, 0.4) is 0 Å². The van der Waals surface area contributed by atoms with Gasteiger partial charge in [-0.1, -0.05) is 53.0 Å². The number of nitrogens with one attached hydrogen (secondary N) is 3. The van der Waals surface area contributed by atoms with Crippen molar-refractivity contribution in [2.45, 2.75) is 19.3 Å². The van der Waals surface area contributed by atoms with Gasteiger partial charge in [0.2, 0.25) is 40.1 Å². The van der Waals surface area contributed by atoms with E-state index in [-0.39, 0.29) is 42.4 Å². The molecule has 17 nitrogen and oxygen atoms in total. The highest BCUT2D eigenvalue weighted by Crippen LogP contribution is 2.38. The Hall–Kier alpha value is -2.24. The first-order valence-corrected chi connectivity index (χ1v) is 28.3. The van der Waals surface area contributed by atoms with Crippen LogP contribution in [0, 0.1) is 22.7 Å².